The number of rotatable bonds is 5. The lowest BCUT2D eigenvalue weighted by molar-refractivity contribution is -0.123. The highest BCUT2D eigenvalue weighted by atomic mass is 35.5. The number of halogens is 1. The van der Waals surface area contributed by atoms with Crippen molar-refractivity contribution < 1.29 is 9.59 Å². The summed E-state index contributed by atoms with van der Waals surface area (Å²) < 4.78 is 0. The average molecular weight is 331 g/mol. The molecule has 0 heterocycles. The van der Waals surface area contributed by atoms with E-state index < -0.39 is 5.91 Å². The number of nitrogens with one attached hydrogen (secondary N) is 2. The molecule has 0 bridgehead atoms. The molecule has 5 heteroatoms. The Bertz CT molecular complexity index is 674. The van der Waals surface area contributed by atoms with Crippen LogP contribution in [0.5, 0.6) is 0 Å². The second kappa shape index (κ2) is 8.34. The zero-order chi connectivity index (χ0) is 16.7. The average Bonchev–Trinajstić information content (AvgIpc) is 2.58. The second-order valence-corrected chi connectivity index (χ2v) is 5.64. The number of carbonyl (C=O) groups is 2. The molecule has 23 heavy (non-hydrogen) atoms. The maximum Gasteiger partial charge on any atom is 0.269 e. The molecule has 0 aliphatic heterocycles. The van der Waals surface area contributed by atoms with E-state index in [-0.39, 0.29) is 11.8 Å². The quantitative estimate of drug-likeness (QED) is 0.821. The highest BCUT2D eigenvalue weighted by molar-refractivity contribution is 6.30. The minimum atomic E-state index is -0.399. The van der Waals surface area contributed by atoms with Gasteiger partial charge >= 0.3 is 0 Å². The van der Waals surface area contributed by atoms with Crippen molar-refractivity contribution in [2.75, 3.05) is 0 Å². The molecule has 2 aromatic rings. The molecule has 0 aromatic heterocycles. The molecule has 0 aliphatic rings. The molecule has 2 aromatic carbocycles. The van der Waals surface area contributed by atoms with Crippen LogP contribution in [0.4, 0.5) is 0 Å². The molecule has 1 atom stereocenters. The van der Waals surface area contributed by atoms with Gasteiger partial charge in [0, 0.05) is 10.6 Å². The Morgan fingerprint density at radius 2 is 1.78 bits per heavy atom. The number of hydrogen-bond donors (Lipinski definition) is 2. The molecule has 0 saturated heterocycles. The van der Waals surface area contributed by atoms with Gasteiger partial charge in [-0.05, 0) is 30.2 Å². The van der Waals surface area contributed by atoms with Crippen LogP contribution in [0.1, 0.15) is 41.6 Å². The van der Waals surface area contributed by atoms with E-state index in [4.69, 9.17) is 11.6 Å². The number of hydrogen-bond acceptors (Lipinski definition) is 2. The Balaban J connectivity index is 2.00. The van der Waals surface area contributed by atoms with Crippen molar-refractivity contribution in [1.82, 2.24) is 10.9 Å². The van der Waals surface area contributed by atoms with Crippen molar-refractivity contribution >= 4 is 23.4 Å². The van der Waals surface area contributed by atoms with Gasteiger partial charge < -0.3 is 0 Å². The van der Waals surface area contributed by atoms with Crippen molar-refractivity contribution in [2.45, 2.75) is 25.7 Å². The summed E-state index contributed by atoms with van der Waals surface area (Å²) >= 11 is 5.86. The standard InChI is InChI=1S/C18H19ClN2O2/c1-2-7-16(13-8-4-3-5-9-13)18(23)21-20-17(22)14-10-6-11-15(19)12-14/h3-6,8-12,16H,2,7H2,1H3,(H,20,22)(H,21,23)/t16-/m1/s1. The lowest BCUT2D eigenvalue weighted by Gasteiger charge is -2.17. The van der Waals surface area contributed by atoms with Crippen molar-refractivity contribution in [2.24, 2.45) is 0 Å². The highest BCUT2D eigenvalue weighted by Gasteiger charge is 2.20. The van der Waals surface area contributed by atoms with E-state index in [1.54, 1.807) is 24.3 Å². The van der Waals surface area contributed by atoms with E-state index in [0.29, 0.717) is 17.0 Å². The first kappa shape index (κ1) is 17.0. The normalized spacial score (nSPS) is 11.6. The fourth-order valence-electron chi connectivity index (χ4n) is 2.33. The molecule has 0 radical (unpaired) electrons. The molecule has 0 saturated carbocycles. The molecule has 120 valence electrons. The van der Waals surface area contributed by atoms with Crippen LogP contribution in [0, 0.1) is 0 Å². The minimum Gasteiger partial charge on any atom is -0.273 e. The maximum absolute atomic E-state index is 12.4. The summed E-state index contributed by atoms with van der Waals surface area (Å²) in [6.45, 7) is 2.02. The summed E-state index contributed by atoms with van der Waals surface area (Å²) in [7, 11) is 0. The van der Waals surface area contributed by atoms with Gasteiger partial charge in [-0.25, -0.2) is 0 Å². The first-order valence-electron chi connectivity index (χ1n) is 7.52. The van der Waals surface area contributed by atoms with Crippen molar-refractivity contribution in [3.05, 3.63) is 70.7 Å². The van der Waals surface area contributed by atoms with Crippen LogP contribution < -0.4 is 10.9 Å². The molecule has 0 unspecified atom stereocenters. The lowest BCUT2D eigenvalue weighted by atomic mass is 9.94. The van der Waals surface area contributed by atoms with Crippen molar-refractivity contribution in [3.8, 4) is 0 Å². The molecular formula is C18H19ClN2O2. The zero-order valence-electron chi connectivity index (χ0n) is 12.9. The molecule has 2 N–H and O–H groups in total. The van der Waals surface area contributed by atoms with Crippen molar-refractivity contribution in [3.63, 3.8) is 0 Å². The topological polar surface area (TPSA) is 58.2 Å². The Kier molecular flexibility index (Phi) is 6.18. The summed E-state index contributed by atoms with van der Waals surface area (Å²) in [4.78, 5) is 24.4. The Hall–Kier alpha value is -2.33. The van der Waals surface area contributed by atoms with Crippen LogP contribution in [0.3, 0.4) is 0 Å². The van der Waals surface area contributed by atoms with Gasteiger partial charge in [-0.15, -0.1) is 0 Å². The third-order valence-electron chi connectivity index (χ3n) is 3.48. The summed E-state index contributed by atoms with van der Waals surface area (Å²) in [6.07, 6.45) is 1.58. The van der Waals surface area contributed by atoms with Gasteiger partial charge in [0.1, 0.15) is 0 Å². The van der Waals surface area contributed by atoms with Gasteiger partial charge in [0.2, 0.25) is 5.91 Å². The molecular weight excluding hydrogens is 312 g/mol. The fourth-order valence-corrected chi connectivity index (χ4v) is 2.52. The summed E-state index contributed by atoms with van der Waals surface area (Å²) in [5, 5.41) is 0.470. The van der Waals surface area contributed by atoms with Crippen LogP contribution >= 0.6 is 11.6 Å². The van der Waals surface area contributed by atoms with Crippen LogP contribution in [-0.2, 0) is 4.79 Å². The van der Waals surface area contributed by atoms with Crippen LogP contribution in [0.2, 0.25) is 5.02 Å². The first-order valence-corrected chi connectivity index (χ1v) is 7.90. The van der Waals surface area contributed by atoms with Gasteiger partial charge in [0.25, 0.3) is 5.91 Å². The lowest BCUT2D eigenvalue weighted by Crippen LogP contribution is -2.44. The van der Waals surface area contributed by atoms with Crippen molar-refractivity contribution in [1.29, 1.82) is 0 Å². The Labute approximate surface area is 140 Å². The largest absolute Gasteiger partial charge is 0.273 e. The smallest absolute Gasteiger partial charge is 0.269 e. The van der Waals surface area contributed by atoms with E-state index in [2.05, 4.69) is 10.9 Å². The predicted octanol–water partition coefficient (Wildman–Crippen LogP) is 3.68. The summed E-state index contributed by atoms with van der Waals surface area (Å²) in [5.41, 5.74) is 6.27. The van der Waals surface area contributed by atoms with Gasteiger partial charge in [-0.3, -0.25) is 20.4 Å². The number of carbonyl (C=O) groups excluding carboxylic acids is 2. The summed E-state index contributed by atoms with van der Waals surface area (Å²) in [5.74, 6) is -0.918. The first-order chi connectivity index (χ1) is 11.1. The second-order valence-electron chi connectivity index (χ2n) is 5.21. The van der Waals surface area contributed by atoms with Gasteiger partial charge in [0.15, 0.2) is 0 Å². The maximum atomic E-state index is 12.4. The van der Waals surface area contributed by atoms with E-state index in [1.165, 1.54) is 0 Å². The zero-order valence-corrected chi connectivity index (χ0v) is 13.6. The monoisotopic (exact) mass is 330 g/mol. The summed E-state index contributed by atoms with van der Waals surface area (Å²) in [6, 6.07) is 16.1. The van der Waals surface area contributed by atoms with Crippen LogP contribution in [-0.4, -0.2) is 11.8 Å². The van der Waals surface area contributed by atoms with Crippen LogP contribution in [0.15, 0.2) is 54.6 Å². The fraction of sp³-hybridized carbons (Fsp3) is 0.222. The van der Waals surface area contributed by atoms with E-state index >= 15 is 0 Å². The van der Waals surface area contributed by atoms with E-state index in [9.17, 15) is 9.59 Å². The minimum absolute atomic E-state index is 0.228. The van der Waals surface area contributed by atoms with E-state index in [0.717, 1.165) is 12.0 Å². The number of amides is 2. The molecule has 0 spiro atoms. The van der Waals surface area contributed by atoms with Gasteiger partial charge in [-0.2, -0.15) is 0 Å². The molecule has 4 nitrogen and oxygen atoms in total. The SMILES string of the molecule is CCC[C@@H](C(=O)NNC(=O)c1cccc(Cl)c1)c1ccccc1. The Morgan fingerprint density at radius 3 is 2.43 bits per heavy atom. The van der Waals surface area contributed by atoms with Gasteiger partial charge in [-0.1, -0.05) is 61.3 Å². The Morgan fingerprint density at radius 1 is 1.04 bits per heavy atom. The number of hydrazine groups is 1. The third-order valence-corrected chi connectivity index (χ3v) is 3.72. The molecule has 2 rings (SSSR count). The predicted molar refractivity (Wildman–Crippen MR) is 91.2 cm³/mol. The van der Waals surface area contributed by atoms with Crippen LogP contribution in [0.25, 0.3) is 0 Å². The van der Waals surface area contributed by atoms with Gasteiger partial charge in [0.05, 0.1) is 5.92 Å². The van der Waals surface area contributed by atoms with E-state index in [1.807, 2.05) is 37.3 Å². The third kappa shape index (κ3) is 4.83. The molecule has 0 aliphatic carbocycles. The molecule has 0 fully saturated rings. The highest BCUT2D eigenvalue weighted by Crippen LogP contribution is 2.21. The molecule has 2 amide bonds. The number of benzene rings is 2.